The van der Waals surface area contributed by atoms with Gasteiger partial charge in [-0.15, -0.1) is 0 Å². The molecule has 1 aliphatic heterocycles. The standard InChI is InChI=1S/C26H29F3N4O3/c1-22(2,34)21-31-20(32-36-21)16-11-19(13-30-12-16)25(35,23(3)14-33(4)15-23)18-7-5-17(6-8-18)24(9-10-24)26(27,28)29/h5-8,11-13,34-35H,9-10,14-15H2,1-4H3. The van der Waals surface area contributed by atoms with Gasteiger partial charge in [0.1, 0.15) is 11.2 Å². The maximum atomic E-state index is 13.7. The molecule has 36 heavy (non-hydrogen) atoms. The van der Waals surface area contributed by atoms with E-state index in [1.807, 2.05) is 14.0 Å². The lowest BCUT2D eigenvalue weighted by atomic mass is 9.62. The summed E-state index contributed by atoms with van der Waals surface area (Å²) < 4.78 is 46.2. The zero-order valence-corrected chi connectivity index (χ0v) is 20.6. The van der Waals surface area contributed by atoms with Crippen LogP contribution in [0, 0.1) is 5.41 Å². The van der Waals surface area contributed by atoms with Crippen LogP contribution < -0.4 is 0 Å². The summed E-state index contributed by atoms with van der Waals surface area (Å²) in [7, 11) is 1.94. The van der Waals surface area contributed by atoms with E-state index in [0.29, 0.717) is 29.8 Å². The highest BCUT2D eigenvalue weighted by atomic mass is 19.4. The molecule has 3 heterocycles. The fourth-order valence-corrected chi connectivity index (χ4v) is 5.48. The molecular formula is C26H29F3N4O3. The van der Waals surface area contributed by atoms with E-state index in [1.54, 1.807) is 24.4 Å². The van der Waals surface area contributed by atoms with Crippen LogP contribution in [0.15, 0.2) is 47.2 Å². The summed E-state index contributed by atoms with van der Waals surface area (Å²) in [4.78, 5) is 10.6. The van der Waals surface area contributed by atoms with Crippen molar-refractivity contribution < 1.29 is 27.9 Å². The minimum Gasteiger partial charge on any atom is -0.381 e. The molecule has 0 spiro atoms. The van der Waals surface area contributed by atoms with E-state index in [0.717, 1.165) is 0 Å². The van der Waals surface area contributed by atoms with Gasteiger partial charge in [0.25, 0.3) is 5.89 Å². The van der Waals surface area contributed by atoms with E-state index in [4.69, 9.17) is 4.52 Å². The van der Waals surface area contributed by atoms with Gasteiger partial charge in [0.15, 0.2) is 0 Å². The van der Waals surface area contributed by atoms with Gasteiger partial charge in [0, 0.05) is 42.0 Å². The predicted octanol–water partition coefficient (Wildman–Crippen LogP) is 4.14. The fraction of sp³-hybridized carbons (Fsp3) is 0.500. The Kier molecular flexibility index (Phi) is 5.41. The summed E-state index contributed by atoms with van der Waals surface area (Å²) in [6, 6.07) is 7.87. The van der Waals surface area contributed by atoms with E-state index in [9.17, 15) is 23.4 Å². The maximum Gasteiger partial charge on any atom is 0.398 e. The predicted molar refractivity (Wildman–Crippen MR) is 125 cm³/mol. The van der Waals surface area contributed by atoms with Gasteiger partial charge in [0.05, 0.1) is 5.41 Å². The summed E-state index contributed by atoms with van der Waals surface area (Å²) in [6.07, 6.45) is -1.08. The quantitative estimate of drug-likeness (QED) is 0.523. The number of hydrogen-bond acceptors (Lipinski definition) is 7. The molecule has 0 radical (unpaired) electrons. The first-order valence-electron chi connectivity index (χ1n) is 11.8. The van der Waals surface area contributed by atoms with Crippen LogP contribution in [-0.4, -0.2) is 56.6 Å². The minimum absolute atomic E-state index is 0.0417. The van der Waals surface area contributed by atoms with Gasteiger partial charge in [-0.05, 0) is 50.9 Å². The summed E-state index contributed by atoms with van der Waals surface area (Å²) in [5, 5.41) is 26.4. The van der Waals surface area contributed by atoms with Crippen molar-refractivity contribution in [2.75, 3.05) is 20.1 Å². The van der Waals surface area contributed by atoms with Crippen molar-refractivity contribution in [1.82, 2.24) is 20.0 Å². The molecule has 2 N–H and O–H groups in total. The van der Waals surface area contributed by atoms with Gasteiger partial charge < -0.3 is 19.6 Å². The summed E-state index contributed by atoms with van der Waals surface area (Å²) in [5.74, 6) is 0.246. The van der Waals surface area contributed by atoms with Crippen molar-refractivity contribution in [1.29, 1.82) is 0 Å². The number of hydrogen-bond donors (Lipinski definition) is 2. The smallest absolute Gasteiger partial charge is 0.381 e. The summed E-state index contributed by atoms with van der Waals surface area (Å²) in [6.45, 7) is 6.16. The van der Waals surface area contributed by atoms with Crippen molar-refractivity contribution in [2.45, 2.75) is 56.4 Å². The lowest BCUT2D eigenvalue weighted by Gasteiger charge is -2.55. The highest BCUT2D eigenvalue weighted by molar-refractivity contribution is 5.56. The minimum atomic E-state index is -4.31. The van der Waals surface area contributed by atoms with Crippen molar-refractivity contribution in [3.63, 3.8) is 0 Å². The number of nitrogens with zero attached hydrogens (tertiary/aromatic N) is 4. The molecule has 0 amide bonds. The van der Waals surface area contributed by atoms with Gasteiger partial charge in [-0.1, -0.05) is 36.3 Å². The zero-order chi connectivity index (χ0) is 26.1. The molecule has 1 aliphatic carbocycles. The molecule has 0 bridgehead atoms. The van der Waals surface area contributed by atoms with Gasteiger partial charge in [-0.25, -0.2) is 0 Å². The van der Waals surface area contributed by atoms with Gasteiger partial charge in [-0.2, -0.15) is 18.2 Å². The third kappa shape index (κ3) is 3.74. The second kappa shape index (κ2) is 7.84. The lowest BCUT2D eigenvalue weighted by molar-refractivity contribution is -0.160. The Bertz CT molecular complexity index is 1270. The van der Waals surface area contributed by atoms with Crippen molar-refractivity contribution in [2.24, 2.45) is 5.41 Å². The van der Waals surface area contributed by atoms with Crippen LogP contribution in [0.25, 0.3) is 11.4 Å². The Labute approximate surface area is 207 Å². The molecule has 192 valence electrons. The third-order valence-corrected chi connectivity index (χ3v) is 7.62. The molecule has 3 aromatic rings. The largest absolute Gasteiger partial charge is 0.398 e. The van der Waals surface area contributed by atoms with E-state index in [-0.39, 0.29) is 30.1 Å². The highest BCUT2D eigenvalue weighted by Crippen LogP contribution is 2.59. The van der Waals surface area contributed by atoms with Crippen LogP contribution >= 0.6 is 0 Å². The third-order valence-electron chi connectivity index (χ3n) is 7.62. The normalized spacial score (nSPS) is 21.0. The van der Waals surface area contributed by atoms with Crippen LogP contribution in [0.2, 0.25) is 0 Å². The monoisotopic (exact) mass is 502 g/mol. The number of pyridine rings is 1. The topological polar surface area (TPSA) is 95.5 Å². The molecule has 2 aromatic heterocycles. The van der Waals surface area contributed by atoms with E-state index >= 15 is 0 Å². The van der Waals surface area contributed by atoms with Crippen molar-refractivity contribution in [3.05, 3.63) is 65.3 Å². The molecule has 1 saturated heterocycles. The number of aliphatic hydroxyl groups is 2. The highest BCUT2D eigenvalue weighted by Gasteiger charge is 2.64. The number of benzene rings is 1. The number of aromatic nitrogens is 3. The molecule has 1 unspecified atom stereocenters. The first-order chi connectivity index (χ1) is 16.7. The van der Waals surface area contributed by atoms with E-state index in [2.05, 4.69) is 20.0 Å². The molecule has 2 aliphatic rings. The Morgan fingerprint density at radius 1 is 1.00 bits per heavy atom. The molecule has 1 saturated carbocycles. The van der Waals surface area contributed by atoms with E-state index < -0.39 is 28.2 Å². The average molecular weight is 503 g/mol. The molecule has 2 fully saturated rings. The number of likely N-dealkylation sites (tertiary alicyclic amines) is 1. The van der Waals surface area contributed by atoms with Crippen LogP contribution in [0.3, 0.4) is 0 Å². The van der Waals surface area contributed by atoms with Gasteiger partial charge >= 0.3 is 6.18 Å². The SMILES string of the molecule is CN1CC(C)(C(O)(c2ccc(C3(C(F)(F)F)CC3)cc2)c2cncc(-c3noc(C(C)(C)O)n3)c2)C1. The lowest BCUT2D eigenvalue weighted by Crippen LogP contribution is -2.63. The molecule has 10 heteroatoms. The Hall–Kier alpha value is -2.82. The van der Waals surface area contributed by atoms with Crippen LogP contribution in [-0.2, 0) is 16.6 Å². The molecule has 1 atom stereocenters. The number of halogens is 3. The number of alkyl halides is 3. The maximum absolute atomic E-state index is 13.7. The first-order valence-corrected chi connectivity index (χ1v) is 11.8. The second-order valence-electron chi connectivity index (χ2n) is 11.0. The van der Waals surface area contributed by atoms with Gasteiger partial charge in [-0.3, -0.25) is 4.98 Å². The van der Waals surface area contributed by atoms with E-state index in [1.165, 1.54) is 32.2 Å². The summed E-state index contributed by atoms with van der Waals surface area (Å²) >= 11 is 0. The Morgan fingerprint density at radius 2 is 1.64 bits per heavy atom. The van der Waals surface area contributed by atoms with Crippen LogP contribution in [0.1, 0.15) is 56.2 Å². The van der Waals surface area contributed by atoms with Crippen LogP contribution in [0.4, 0.5) is 13.2 Å². The Morgan fingerprint density at radius 3 is 2.14 bits per heavy atom. The average Bonchev–Trinajstić information content (AvgIpc) is 3.47. The van der Waals surface area contributed by atoms with Crippen LogP contribution in [0.5, 0.6) is 0 Å². The van der Waals surface area contributed by atoms with Gasteiger partial charge in [0.2, 0.25) is 5.82 Å². The number of rotatable bonds is 6. The first kappa shape index (κ1) is 24.9. The fourth-order valence-electron chi connectivity index (χ4n) is 5.48. The zero-order valence-electron chi connectivity index (χ0n) is 20.6. The summed E-state index contributed by atoms with van der Waals surface area (Å²) in [5.41, 5.74) is -3.62. The Balaban J connectivity index is 1.57. The molecular weight excluding hydrogens is 473 g/mol. The molecule has 5 rings (SSSR count). The van der Waals surface area contributed by atoms with Crippen molar-refractivity contribution in [3.8, 4) is 11.4 Å². The van der Waals surface area contributed by atoms with Crippen molar-refractivity contribution >= 4 is 0 Å². The molecule has 1 aromatic carbocycles. The molecule has 7 nitrogen and oxygen atoms in total. The second-order valence-corrected chi connectivity index (χ2v) is 11.0.